The molecule has 0 bridgehead atoms. The van der Waals surface area contributed by atoms with Gasteiger partial charge in [0.2, 0.25) is 0 Å². The van der Waals surface area contributed by atoms with Gasteiger partial charge in [-0.05, 0) is 43.0 Å². The lowest BCUT2D eigenvalue weighted by molar-refractivity contribution is 0.619. The summed E-state index contributed by atoms with van der Waals surface area (Å²) in [5.41, 5.74) is 8.48. The fraction of sp³-hybridized carbons (Fsp3) is 0.400. The van der Waals surface area contributed by atoms with Crippen LogP contribution in [0.4, 0.5) is 4.39 Å². The number of aryl methyl sites for hydroxylation is 1. The van der Waals surface area contributed by atoms with Gasteiger partial charge in [-0.2, -0.15) is 0 Å². The van der Waals surface area contributed by atoms with Gasteiger partial charge in [0, 0.05) is 17.0 Å². The van der Waals surface area contributed by atoms with Gasteiger partial charge in [-0.1, -0.05) is 13.8 Å². The van der Waals surface area contributed by atoms with Crippen LogP contribution < -0.4 is 5.73 Å². The first-order valence-electron chi connectivity index (χ1n) is 6.46. The van der Waals surface area contributed by atoms with Gasteiger partial charge >= 0.3 is 0 Å². The van der Waals surface area contributed by atoms with Crippen LogP contribution in [0, 0.1) is 18.7 Å². The standard InChI is InChI=1S/C15H19FN2S/c1-9(2)6-13-14(8-17)19-15(18-13)11-4-5-12(16)10(3)7-11/h4-5,7,9H,6,8,17H2,1-3H3. The van der Waals surface area contributed by atoms with Crippen molar-refractivity contribution in [1.29, 1.82) is 0 Å². The second kappa shape index (κ2) is 5.80. The molecule has 0 saturated heterocycles. The summed E-state index contributed by atoms with van der Waals surface area (Å²) in [5.74, 6) is 0.372. The molecule has 0 amide bonds. The molecule has 0 fully saturated rings. The van der Waals surface area contributed by atoms with E-state index in [0.29, 0.717) is 18.0 Å². The Kier molecular flexibility index (Phi) is 4.32. The number of thiazole rings is 1. The van der Waals surface area contributed by atoms with E-state index in [4.69, 9.17) is 5.73 Å². The molecule has 2 N–H and O–H groups in total. The van der Waals surface area contributed by atoms with Gasteiger partial charge < -0.3 is 5.73 Å². The van der Waals surface area contributed by atoms with E-state index >= 15 is 0 Å². The molecule has 2 rings (SSSR count). The molecule has 1 heterocycles. The molecule has 0 spiro atoms. The molecule has 1 aromatic heterocycles. The number of rotatable bonds is 4. The highest BCUT2D eigenvalue weighted by Crippen LogP contribution is 2.30. The summed E-state index contributed by atoms with van der Waals surface area (Å²) in [7, 11) is 0. The van der Waals surface area contributed by atoms with Gasteiger partial charge in [0.1, 0.15) is 10.8 Å². The first-order chi connectivity index (χ1) is 9.01. The quantitative estimate of drug-likeness (QED) is 0.920. The molecule has 2 nitrogen and oxygen atoms in total. The van der Waals surface area contributed by atoms with Crippen LogP contribution in [-0.4, -0.2) is 4.98 Å². The molecule has 1 aromatic carbocycles. The van der Waals surface area contributed by atoms with E-state index in [2.05, 4.69) is 18.8 Å². The minimum atomic E-state index is -0.179. The predicted octanol–water partition coefficient (Wildman–Crippen LogP) is 3.91. The monoisotopic (exact) mass is 278 g/mol. The van der Waals surface area contributed by atoms with E-state index in [1.165, 1.54) is 6.07 Å². The van der Waals surface area contributed by atoms with Crippen LogP contribution in [-0.2, 0) is 13.0 Å². The maximum Gasteiger partial charge on any atom is 0.126 e. The van der Waals surface area contributed by atoms with Crippen molar-refractivity contribution in [2.45, 2.75) is 33.7 Å². The van der Waals surface area contributed by atoms with Gasteiger partial charge in [0.25, 0.3) is 0 Å². The summed E-state index contributed by atoms with van der Waals surface area (Å²) in [6, 6.07) is 5.12. The van der Waals surface area contributed by atoms with E-state index in [0.717, 1.165) is 27.6 Å². The lowest BCUT2D eigenvalue weighted by Gasteiger charge is -2.02. The van der Waals surface area contributed by atoms with Gasteiger partial charge in [-0.25, -0.2) is 9.37 Å². The average molecular weight is 278 g/mol. The zero-order valence-corrected chi connectivity index (χ0v) is 12.4. The van der Waals surface area contributed by atoms with E-state index in [1.54, 1.807) is 24.3 Å². The van der Waals surface area contributed by atoms with Crippen LogP contribution in [0.5, 0.6) is 0 Å². The van der Waals surface area contributed by atoms with Crippen LogP contribution in [0.15, 0.2) is 18.2 Å². The number of hydrogen-bond acceptors (Lipinski definition) is 3. The van der Waals surface area contributed by atoms with Gasteiger partial charge in [0.05, 0.1) is 5.69 Å². The second-order valence-corrected chi connectivity index (χ2v) is 6.24. The minimum Gasteiger partial charge on any atom is -0.326 e. The van der Waals surface area contributed by atoms with E-state index in [9.17, 15) is 4.39 Å². The van der Waals surface area contributed by atoms with Crippen molar-refractivity contribution in [2.24, 2.45) is 11.7 Å². The normalized spacial score (nSPS) is 11.3. The van der Waals surface area contributed by atoms with Crippen LogP contribution in [0.3, 0.4) is 0 Å². The maximum atomic E-state index is 13.3. The summed E-state index contributed by atoms with van der Waals surface area (Å²) in [6.45, 7) is 6.62. The lowest BCUT2D eigenvalue weighted by Crippen LogP contribution is -2.01. The Labute approximate surface area is 117 Å². The predicted molar refractivity (Wildman–Crippen MR) is 78.7 cm³/mol. The zero-order valence-electron chi connectivity index (χ0n) is 11.5. The third-order valence-electron chi connectivity index (χ3n) is 2.97. The summed E-state index contributed by atoms with van der Waals surface area (Å²) < 4.78 is 13.3. The van der Waals surface area contributed by atoms with Gasteiger partial charge in [0.15, 0.2) is 0 Å². The number of hydrogen-bond donors (Lipinski definition) is 1. The lowest BCUT2D eigenvalue weighted by atomic mass is 10.1. The minimum absolute atomic E-state index is 0.179. The van der Waals surface area contributed by atoms with Crippen LogP contribution in [0.1, 0.15) is 30.0 Å². The second-order valence-electron chi connectivity index (χ2n) is 5.15. The number of halogens is 1. The molecule has 0 saturated carbocycles. The van der Waals surface area contributed by atoms with Crippen molar-refractivity contribution in [2.75, 3.05) is 0 Å². The van der Waals surface area contributed by atoms with Crippen molar-refractivity contribution < 1.29 is 4.39 Å². The Morgan fingerprint density at radius 2 is 2.11 bits per heavy atom. The van der Waals surface area contributed by atoms with Crippen molar-refractivity contribution in [1.82, 2.24) is 4.98 Å². The highest BCUT2D eigenvalue weighted by atomic mass is 32.1. The van der Waals surface area contributed by atoms with Crippen molar-refractivity contribution in [3.63, 3.8) is 0 Å². The van der Waals surface area contributed by atoms with Gasteiger partial charge in [-0.15, -0.1) is 11.3 Å². The fourth-order valence-corrected chi connectivity index (χ4v) is 2.95. The molecule has 19 heavy (non-hydrogen) atoms. The van der Waals surface area contributed by atoms with Crippen LogP contribution in [0.2, 0.25) is 0 Å². The molecule has 0 aliphatic carbocycles. The molecule has 0 unspecified atom stereocenters. The molecular formula is C15H19FN2S. The summed E-state index contributed by atoms with van der Waals surface area (Å²) in [5, 5.41) is 0.930. The zero-order chi connectivity index (χ0) is 14.0. The van der Waals surface area contributed by atoms with E-state index in [1.807, 2.05) is 6.07 Å². The molecule has 4 heteroatoms. The molecular weight excluding hydrogens is 259 g/mol. The fourth-order valence-electron chi connectivity index (χ4n) is 1.99. The van der Waals surface area contributed by atoms with Crippen molar-refractivity contribution in [3.05, 3.63) is 40.2 Å². The van der Waals surface area contributed by atoms with Gasteiger partial charge in [-0.3, -0.25) is 0 Å². The average Bonchev–Trinajstić information content (AvgIpc) is 2.75. The Hall–Kier alpha value is -1.26. The first kappa shape index (κ1) is 14.2. The van der Waals surface area contributed by atoms with Crippen LogP contribution >= 0.6 is 11.3 Å². The highest BCUT2D eigenvalue weighted by molar-refractivity contribution is 7.15. The van der Waals surface area contributed by atoms with E-state index < -0.39 is 0 Å². The Morgan fingerprint density at radius 3 is 2.68 bits per heavy atom. The number of aromatic nitrogens is 1. The third-order valence-corrected chi connectivity index (χ3v) is 4.14. The molecule has 0 aliphatic heterocycles. The summed E-state index contributed by atoms with van der Waals surface area (Å²) in [6.07, 6.45) is 0.934. The van der Waals surface area contributed by atoms with Crippen LogP contribution in [0.25, 0.3) is 10.6 Å². The smallest absolute Gasteiger partial charge is 0.126 e. The molecule has 0 atom stereocenters. The van der Waals surface area contributed by atoms with E-state index in [-0.39, 0.29) is 5.82 Å². The number of nitrogens with two attached hydrogens (primary N) is 1. The largest absolute Gasteiger partial charge is 0.326 e. The first-order valence-corrected chi connectivity index (χ1v) is 7.28. The Balaban J connectivity index is 2.39. The Bertz CT molecular complexity index is 576. The number of nitrogens with zero attached hydrogens (tertiary/aromatic N) is 1. The summed E-state index contributed by atoms with van der Waals surface area (Å²) in [4.78, 5) is 5.81. The molecule has 102 valence electrons. The number of benzene rings is 1. The van der Waals surface area contributed by atoms with Crippen molar-refractivity contribution >= 4 is 11.3 Å². The SMILES string of the molecule is Cc1cc(-c2nc(CC(C)C)c(CN)s2)ccc1F. The Morgan fingerprint density at radius 1 is 1.37 bits per heavy atom. The molecule has 0 aliphatic rings. The summed E-state index contributed by atoms with van der Waals surface area (Å²) >= 11 is 1.61. The highest BCUT2D eigenvalue weighted by Gasteiger charge is 2.13. The third kappa shape index (κ3) is 3.19. The topological polar surface area (TPSA) is 38.9 Å². The maximum absolute atomic E-state index is 13.3. The molecule has 0 radical (unpaired) electrons. The molecule has 2 aromatic rings. The van der Waals surface area contributed by atoms with Crippen molar-refractivity contribution in [3.8, 4) is 10.6 Å².